The van der Waals surface area contributed by atoms with E-state index in [4.69, 9.17) is 0 Å². The van der Waals surface area contributed by atoms with Crippen molar-refractivity contribution in [3.8, 4) is 0 Å². The second-order valence-corrected chi connectivity index (χ2v) is 3.02. The second-order valence-electron chi connectivity index (χ2n) is 2.61. The number of allylic oxidation sites excluding steroid dienone is 1. The Hall–Kier alpha value is -1.23. The quantitative estimate of drug-likeness (QED) is 0.313. The molecular formula is C7H8N2O2S. The van der Waals surface area contributed by atoms with Gasteiger partial charge >= 0.3 is 0 Å². The van der Waals surface area contributed by atoms with Crippen molar-refractivity contribution >= 4 is 29.1 Å². The first-order chi connectivity index (χ1) is 5.52. The number of nitrogens with one attached hydrogen (secondary N) is 2. The Balaban J connectivity index is 3.05. The van der Waals surface area contributed by atoms with Crippen LogP contribution in [-0.4, -0.2) is 16.9 Å². The Morgan fingerprint density at radius 1 is 1.17 bits per heavy atom. The molecule has 64 valence electrons. The first-order valence-corrected chi connectivity index (χ1v) is 3.77. The predicted molar refractivity (Wildman–Crippen MR) is 47.3 cm³/mol. The van der Waals surface area contributed by atoms with Gasteiger partial charge in [0, 0.05) is 0 Å². The Kier molecular flexibility index (Phi) is 2.23. The Morgan fingerprint density at radius 3 is 1.92 bits per heavy atom. The van der Waals surface area contributed by atoms with Crippen molar-refractivity contribution < 1.29 is 9.59 Å². The highest BCUT2D eigenvalue weighted by molar-refractivity contribution is 7.80. The summed E-state index contributed by atoms with van der Waals surface area (Å²) in [4.78, 5) is 22.3. The fourth-order valence-electron chi connectivity index (χ4n) is 0.920. The van der Waals surface area contributed by atoms with E-state index < -0.39 is 11.8 Å². The van der Waals surface area contributed by atoms with Gasteiger partial charge < -0.3 is 0 Å². The lowest BCUT2D eigenvalue weighted by atomic mass is 10.1. The minimum Gasteiger partial charge on any atom is -0.299 e. The van der Waals surface area contributed by atoms with Crippen LogP contribution >= 0.6 is 12.2 Å². The molecule has 2 N–H and O–H groups in total. The fourth-order valence-corrected chi connectivity index (χ4v) is 1.11. The second kappa shape index (κ2) is 3.02. The van der Waals surface area contributed by atoms with Crippen LogP contribution in [0.15, 0.2) is 11.1 Å². The van der Waals surface area contributed by atoms with Gasteiger partial charge in [0.05, 0.1) is 0 Å². The maximum atomic E-state index is 11.1. The number of carbonyl (C=O) groups is 2. The van der Waals surface area contributed by atoms with Gasteiger partial charge in [-0.15, -0.1) is 0 Å². The summed E-state index contributed by atoms with van der Waals surface area (Å²) >= 11 is 4.61. The molecule has 1 aliphatic heterocycles. The van der Waals surface area contributed by atoms with Crippen LogP contribution in [0, 0.1) is 0 Å². The van der Waals surface area contributed by atoms with Gasteiger partial charge in [-0.2, -0.15) is 0 Å². The van der Waals surface area contributed by atoms with E-state index in [-0.39, 0.29) is 10.7 Å². The standard InChI is InChI=1S/C7H8N2O2S/c1-3(2)4-5(10)8-7(12)9-6(4)11/h1-2H3,(H2,8,9,10,11,12). The van der Waals surface area contributed by atoms with Gasteiger partial charge in [0.25, 0.3) is 11.8 Å². The molecule has 1 rings (SSSR count). The predicted octanol–water partition coefficient (Wildman–Crippen LogP) is -0.146. The van der Waals surface area contributed by atoms with Crippen molar-refractivity contribution in [1.29, 1.82) is 0 Å². The van der Waals surface area contributed by atoms with Crippen molar-refractivity contribution in [2.24, 2.45) is 0 Å². The summed E-state index contributed by atoms with van der Waals surface area (Å²) in [6, 6.07) is 0. The third-order valence-electron chi connectivity index (χ3n) is 1.41. The Morgan fingerprint density at radius 2 is 1.58 bits per heavy atom. The van der Waals surface area contributed by atoms with Crippen molar-refractivity contribution in [2.75, 3.05) is 0 Å². The summed E-state index contributed by atoms with van der Waals surface area (Å²) in [5.74, 6) is -0.854. The summed E-state index contributed by atoms with van der Waals surface area (Å²) in [6.45, 7) is 3.39. The summed E-state index contributed by atoms with van der Waals surface area (Å²) in [5.41, 5.74) is 0.816. The highest BCUT2D eigenvalue weighted by Gasteiger charge is 2.26. The van der Waals surface area contributed by atoms with Crippen LogP contribution in [-0.2, 0) is 9.59 Å². The first kappa shape index (κ1) is 8.86. The Bertz CT molecular complexity index is 281. The van der Waals surface area contributed by atoms with Gasteiger partial charge in [0.2, 0.25) is 0 Å². The normalized spacial score (nSPS) is 17.2. The van der Waals surface area contributed by atoms with Crippen molar-refractivity contribution in [3.63, 3.8) is 0 Å². The lowest BCUT2D eigenvalue weighted by molar-refractivity contribution is -0.123. The van der Waals surface area contributed by atoms with E-state index in [9.17, 15) is 9.59 Å². The van der Waals surface area contributed by atoms with Crippen LogP contribution in [0.4, 0.5) is 0 Å². The van der Waals surface area contributed by atoms with Gasteiger partial charge in [-0.25, -0.2) is 0 Å². The lowest BCUT2D eigenvalue weighted by Gasteiger charge is -2.17. The molecule has 0 saturated carbocycles. The molecule has 5 heteroatoms. The molecule has 1 aliphatic rings. The number of carbonyl (C=O) groups excluding carboxylic acids is 2. The molecule has 0 aromatic carbocycles. The molecule has 2 amide bonds. The molecule has 1 saturated heterocycles. The van der Waals surface area contributed by atoms with E-state index >= 15 is 0 Å². The fraction of sp³-hybridized carbons (Fsp3) is 0.286. The van der Waals surface area contributed by atoms with Crippen LogP contribution in [0.1, 0.15) is 13.8 Å². The van der Waals surface area contributed by atoms with Crippen molar-refractivity contribution in [2.45, 2.75) is 13.8 Å². The zero-order chi connectivity index (χ0) is 9.30. The van der Waals surface area contributed by atoms with Gasteiger partial charge in [-0.3, -0.25) is 20.2 Å². The van der Waals surface area contributed by atoms with Gasteiger partial charge in [0.15, 0.2) is 5.11 Å². The molecule has 1 fully saturated rings. The molecule has 0 aliphatic carbocycles. The minimum atomic E-state index is -0.427. The van der Waals surface area contributed by atoms with E-state index in [0.29, 0.717) is 5.57 Å². The number of amides is 2. The summed E-state index contributed by atoms with van der Waals surface area (Å²) in [5, 5.41) is 4.75. The molecule has 12 heavy (non-hydrogen) atoms. The SMILES string of the molecule is CC(C)=C1C(=O)NC(=S)NC1=O. The first-order valence-electron chi connectivity index (χ1n) is 3.36. The van der Waals surface area contributed by atoms with E-state index in [1.54, 1.807) is 13.8 Å². The lowest BCUT2D eigenvalue weighted by Crippen LogP contribution is -2.51. The highest BCUT2D eigenvalue weighted by Crippen LogP contribution is 2.06. The summed E-state index contributed by atoms with van der Waals surface area (Å²) < 4.78 is 0. The van der Waals surface area contributed by atoms with Gasteiger partial charge in [0.1, 0.15) is 5.57 Å². The molecule has 0 aromatic heterocycles. The topological polar surface area (TPSA) is 58.2 Å². The molecule has 0 bridgehead atoms. The van der Waals surface area contributed by atoms with E-state index in [1.807, 2.05) is 0 Å². The van der Waals surface area contributed by atoms with Crippen molar-refractivity contribution in [3.05, 3.63) is 11.1 Å². The summed E-state index contributed by atoms with van der Waals surface area (Å²) in [6.07, 6.45) is 0. The number of rotatable bonds is 0. The van der Waals surface area contributed by atoms with E-state index in [2.05, 4.69) is 22.9 Å². The van der Waals surface area contributed by atoms with Crippen LogP contribution in [0.3, 0.4) is 0 Å². The molecule has 1 heterocycles. The summed E-state index contributed by atoms with van der Waals surface area (Å²) in [7, 11) is 0. The Labute approximate surface area is 75.0 Å². The maximum Gasteiger partial charge on any atom is 0.262 e. The number of hydrogen-bond acceptors (Lipinski definition) is 3. The number of thiocarbonyl (C=S) groups is 1. The average molecular weight is 184 g/mol. The van der Waals surface area contributed by atoms with E-state index in [0.717, 1.165) is 0 Å². The maximum absolute atomic E-state index is 11.1. The molecule has 4 nitrogen and oxygen atoms in total. The molecular weight excluding hydrogens is 176 g/mol. The number of hydrogen-bond donors (Lipinski definition) is 2. The third-order valence-corrected chi connectivity index (χ3v) is 1.61. The molecule has 0 unspecified atom stereocenters. The molecule has 0 atom stereocenters. The van der Waals surface area contributed by atoms with Crippen LogP contribution < -0.4 is 10.6 Å². The largest absolute Gasteiger partial charge is 0.299 e. The third kappa shape index (κ3) is 1.50. The highest BCUT2D eigenvalue weighted by atomic mass is 32.1. The van der Waals surface area contributed by atoms with Gasteiger partial charge in [-0.1, -0.05) is 5.57 Å². The van der Waals surface area contributed by atoms with Crippen LogP contribution in [0.25, 0.3) is 0 Å². The van der Waals surface area contributed by atoms with Crippen molar-refractivity contribution in [1.82, 2.24) is 10.6 Å². The minimum absolute atomic E-state index is 0.0648. The van der Waals surface area contributed by atoms with Crippen LogP contribution in [0.2, 0.25) is 0 Å². The average Bonchev–Trinajstić information content (AvgIpc) is 1.82. The van der Waals surface area contributed by atoms with Gasteiger partial charge in [-0.05, 0) is 26.1 Å². The molecule has 0 aromatic rings. The zero-order valence-electron chi connectivity index (χ0n) is 6.72. The zero-order valence-corrected chi connectivity index (χ0v) is 7.54. The molecule has 0 radical (unpaired) electrons. The molecule has 0 spiro atoms. The monoisotopic (exact) mass is 184 g/mol. The van der Waals surface area contributed by atoms with E-state index in [1.165, 1.54) is 0 Å². The van der Waals surface area contributed by atoms with Crippen LogP contribution in [0.5, 0.6) is 0 Å². The smallest absolute Gasteiger partial charge is 0.262 e.